The average molecular weight is 353 g/mol. The summed E-state index contributed by atoms with van der Waals surface area (Å²) < 4.78 is 28.6. The molecule has 0 radical (unpaired) electrons. The average Bonchev–Trinajstić information content (AvgIpc) is 3.04. The third kappa shape index (κ3) is 4.22. The highest BCUT2D eigenvalue weighted by molar-refractivity contribution is 5.92. The van der Waals surface area contributed by atoms with Crippen molar-refractivity contribution in [1.82, 2.24) is 14.9 Å². The summed E-state index contributed by atoms with van der Waals surface area (Å²) >= 11 is 0. The van der Waals surface area contributed by atoms with Crippen LogP contribution >= 0.6 is 0 Å². The predicted molar refractivity (Wildman–Crippen MR) is 95.0 cm³/mol. The first-order valence-corrected chi connectivity index (χ1v) is 8.00. The Labute approximate surface area is 149 Å². The van der Waals surface area contributed by atoms with Crippen LogP contribution in [-0.2, 0) is 11.8 Å². The minimum absolute atomic E-state index is 0.377. The zero-order chi connectivity index (χ0) is 18.5. The van der Waals surface area contributed by atoms with Gasteiger partial charge in [-0.3, -0.25) is 4.79 Å². The Kier molecular flexibility index (Phi) is 5.22. The summed E-state index contributed by atoms with van der Waals surface area (Å²) in [6, 6.07) is 11.3. The van der Waals surface area contributed by atoms with Crippen molar-refractivity contribution < 1.29 is 13.6 Å². The quantitative estimate of drug-likeness (QED) is 0.712. The number of hydrogen-bond acceptors (Lipinski definition) is 2. The van der Waals surface area contributed by atoms with Gasteiger partial charge in [-0.1, -0.05) is 24.3 Å². The summed E-state index contributed by atoms with van der Waals surface area (Å²) in [5.74, 6) is -0.598. The third-order valence-electron chi connectivity index (χ3n) is 3.86. The fourth-order valence-electron chi connectivity index (χ4n) is 2.61. The second kappa shape index (κ2) is 7.74. The van der Waals surface area contributed by atoms with Crippen LogP contribution in [0.15, 0.2) is 67.0 Å². The molecule has 0 aliphatic carbocycles. The molecular weight excluding hydrogens is 336 g/mol. The molecule has 1 amide bonds. The summed E-state index contributed by atoms with van der Waals surface area (Å²) in [4.78, 5) is 16.6. The molecule has 0 saturated carbocycles. The molecule has 0 fully saturated rings. The van der Waals surface area contributed by atoms with Gasteiger partial charge in [0.15, 0.2) is 0 Å². The first-order valence-electron chi connectivity index (χ1n) is 8.00. The van der Waals surface area contributed by atoms with Gasteiger partial charge in [0.2, 0.25) is 5.91 Å². The Hall–Kier alpha value is -3.28. The van der Waals surface area contributed by atoms with E-state index in [1.54, 1.807) is 48.3 Å². The molecule has 0 bridgehead atoms. The summed E-state index contributed by atoms with van der Waals surface area (Å²) in [6.45, 7) is 0. The number of nitrogens with one attached hydrogen (secondary N) is 1. The highest BCUT2D eigenvalue weighted by atomic mass is 19.1. The first-order chi connectivity index (χ1) is 12.5. The van der Waals surface area contributed by atoms with Crippen LogP contribution in [0.2, 0.25) is 0 Å². The second-order valence-corrected chi connectivity index (χ2v) is 5.78. The van der Waals surface area contributed by atoms with E-state index in [1.807, 2.05) is 0 Å². The summed E-state index contributed by atoms with van der Waals surface area (Å²) in [5.41, 5.74) is 1.14. The number of halogens is 2. The monoisotopic (exact) mass is 353 g/mol. The van der Waals surface area contributed by atoms with Crippen molar-refractivity contribution in [2.75, 3.05) is 0 Å². The van der Waals surface area contributed by atoms with E-state index in [-0.39, 0.29) is 5.82 Å². The Morgan fingerprint density at radius 2 is 1.88 bits per heavy atom. The van der Waals surface area contributed by atoms with Crippen LogP contribution in [0.25, 0.3) is 6.08 Å². The number of carbonyl (C=O) groups excluding carboxylic acids is 1. The molecule has 26 heavy (non-hydrogen) atoms. The van der Waals surface area contributed by atoms with Gasteiger partial charge < -0.3 is 9.88 Å². The van der Waals surface area contributed by atoms with Crippen LogP contribution in [-0.4, -0.2) is 15.5 Å². The van der Waals surface area contributed by atoms with E-state index in [0.717, 1.165) is 0 Å². The standard InChI is InChI=1S/C20H17F2N3O/c1-25-11-10-23-20(25)19(15-5-3-7-17(22)13-15)24-18(26)9-8-14-4-2-6-16(21)12-14/h2-13,19H,1H3,(H,24,26)/b9-8+. The van der Waals surface area contributed by atoms with Gasteiger partial charge in [0.1, 0.15) is 23.5 Å². The minimum Gasteiger partial charge on any atom is -0.339 e. The fraction of sp³-hybridized carbons (Fsp3) is 0.100. The lowest BCUT2D eigenvalue weighted by atomic mass is 10.1. The van der Waals surface area contributed by atoms with Gasteiger partial charge in [-0.25, -0.2) is 13.8 Å². The predicted octanol–water partition coefficient (Wildman–Crippen LogP) is 3.62. The van der Waals surface area contributed by atoms with Gasteiger partial charge in [0.05, 0.1) is 0 Å². The fourth-order valence-corrected chi connectivity index (χ4v) is 2.61. The van der Waals surface area contributed by atoms with Gasteiger partial charge in [-0.05, 0) is 41.5 Å². The van der Waals surface area contributed by atoms with Crippen LogP contribution in [0.5, 0.6) is 0 Å². The summed E-state index contributed by atoms with van der Waals surface area (Å²) in [5, 5.41) is 2.82. The van der Waals surface area contributed by atoms with Crippen LogP contribution in [0.3, 0.4) is 0 Å². The number of rotatable bonds is 5. The molecule has 1 unspecified atom stereocenters. The molecule has 4 nitrogen and oxygen atoms in total. The number of aryl methyl sites for hydroxylation is 1. The Balaban J connectivity index is 1.84. The molecule has 3 aromatic rings. The van der Waals surface area contributed by atoms with Gasteiger partial charge in [-0.2, -0.15) is 0 Å². The van der Waals surface area contributed by atoms with E-state index in [4.69, 9.17) is 0 Å². The Morgan fingerprint density at radius 1 is 1.15 bits per heavy atom. The zero-order valence-electron chi connectivity index (χ0n) is 14.1. The van der Waals surface area contributed by atoms with E-state index in [2.05, 4.69) is 10.3 Å². The Morgan fingerprint density at radius 3 is 2.54 bits per heavy atom. The smallest absolute Gasteiger partial charge is 0.244 e. The van der Waals surface area contributed by atoms with E-state index in [9.17, 15) is 13.6 Å². The molecule has 6 heteroatoms. The number of aromatic nitrogens is 2. The van der Waals surface area contributed by atoms with Crippen LogP contribution < -0.4 is 5.32 Å². The molecule has 0 aliphatic rings. The van der Waals surface area contributed by atoms with Crippen molar-refractivity contribution >= 4 is 12.0 Å². The molecule has 1 heterocycles. The number of benzene rings is 2. The summed E-state index contributed by atoms with van der Waals surface area (Å²) in [6.07, 6.45) is 6.18. The van der Waals surface area contributed by atoms with E-state index in [0.29, 0.717) is 17.0 Å². The number of hydrogen-bond donors (Lipinski definition) is 1. The lowest BCUT2D eigenvalue weighted by molar-refractivity contribution is -0.117. The van der Waals surface area contributed by atoms with Crippen molar-refractivity contribution in [2.45, 2.75) is 6.04 Å². The maximum absolute atomic E-state index is 13.6. The molecule has 3 rings (SSSR count). The van der Waals surface area contributed by atoms with Gasteiger partial charge in [0.25, 0.3) is 0 Å². The molecule has 1 N–H and O–H groups in total. The number of nitrogens with zero attached hydrogens (tertiary/aromatic N) is 2. The lowest BCUT2D eigenvalue weighted by Gasteiger charge is -2.18. The van der Waals surface area contributed by atoms with Gasteiger partial charge >= 0.3 is 0 Å². The largest absolute Gasteiger partial charge is 0.339 e. The van der Waals surface area contributed by atoms with Crippen molar-refractivity contribution in [3.8, 4) is 0 Å². The molecule has 1 atom stereocenters. The molecule has 2 aromatic carbocycles. The Bertz CT molecular complexity index is 949. The van der Waals surface area contributed by atoms with Crippen molar-refractivity contribution in [3.05, 3.63) is 95.6 Å². The second-order valence-electron chi connectivity index (χ2n) is 5.78. The SMILES string of the molecule is Cn1ccnc1C(NC(=O)/C=C/c1cccc(F)c1)c1cccc(F)c1. The number of carbonyl (C=O) groups is 1. The highest BCUT2D eigenvalue weighted by Gasteiger charge is 2.20. The van der Waals surface area contributed by atoms with Crippen LogP contribution in [0.1, 0.15) is 23.0 Å². The van der Waals surface area contributed by atoms with Crippen LogP contribution in [0, 0.1) is 11.6 Å². The molecule has 0 spiro atoms. The third-order valence-corrected chi connectivity index (χ3v) is 3.86. The molecule has 0 saturated heterocycles. The van der Waals surface area contributed by atoms with E-state index in [1.165, 1.54) is 36.4 Å². The molecule has 1 aromatic heterocycles. The number of imidazole rings is 1. The van der Waals surface area contributed by atoms with Gasteiger partial charge in [0, 0.05) is 25.5 Å². The number of amides is 1. The molecular formula is C20H17F2N3O. The van der Waals surface area contributed by atoms with Crippen LogP contribution in [0.4, 0.5) is 8.78 Å². The first kappa shape index (κ1) is 17.5. The normalized spacial score (nSPS) is 12.3. The van der Waals surface area contributed by atoms with Crippen molar-refractivity contribution in [3.63, 3.8) is 0 Å². The van der Waals surface area contributed by atoms with E-state index < -0.39 is 17.8 Å². The zero-order valence-corrected chi connectivity index (χ0v) is 14.1. The maximum atomic E-state index is 13.6. The lowest BCUT2D eigenvalue weighted by Crippen LogP contribution is -2.29. The molecule has 0 aliphatic heterocycles. The highest BCUT2D eigenvalue weighted by Crippen LogP contribution is 2.21. The summed E-state index contributed by atoms with van der Waals surface area (Å²) in [7, 11) is 1.80. The minimum atomic E-state index is -0.615. The van der Waals surface area contributed by atoms with Gasteiger partial charge in [-0.15, -0.1) is 0 Å². The maximum Gasteiger partial charge on any atom is 0.244 e. The topological polar surface area (TPSA) is 46.9 Å². The van der Waals surface area contributed by atoms with Crippen molar-refractivity contribution in [1.29, 1.82) is 0 Å². The van der Waals surface area contributed by atoms with Crippen molar-refractivity contribution in [2.24, 2.45) is 7.05 Å². The van der Waals surface area contributed by atoms with E-state index >= 15 is 0 Å². The molecule has 132 valence electrons.